The molecule has 1 aliphatic rings. The van der Waals surface area contributed by atoms with E-state index in [1.807, 2.05) is 0 Å². The van der Waals surface area contributed by atoms with E-state index >= 15 is 0 Å². The van der Waals surface area contributed by atoms with Gasteiger partial charge in [-0.3, -0.25) is 0 Å². The molecule has 0 aromatic heterocycles. The highest BCUT2D eigenvalue weighted by atomic mass is 79.9. The van der Waals surface area contributed by atoms with Gasteiger partial charge in [0.15, 0.2) is 0 Å². The normalized spacial score (nSPS) is 25.6. The first-order valence-electron chi connectivity index (χ1n) is 6.28. The van der Waals surface area contributed by atoms with Crippen LogP contribution in [0.15, 0.2) is 28.7 Å². The zero-order valence-corrected chi connectivity index (χ0v) is 11.5. The smallest absolute Gasteiger partial charge is 0.0434 e. The van der Waals surface area contributed by atoms with Crippen LogP contribution in [-0.4, -0.2) is 6.54 Å². The molecule has 2 rings (SSSR count). The van der Waals surface area contributed by atoms with Gasteiger partial charge in [0.05, 0.1) is 0 Å². The number of piperidine rings is 1. The molecule has 1 nitrogen and oxygen atoms in total. The third kappa shape index (κ3) is 2.49. The summed E-state index contributed by atoms with van der Waals surface area (Å²) in [7, 11) is 0. The van der Waals surface area contributed by atoms with Gasteiger partial charge in [0.25, 0.3) is 0 Å². The number of halogens is 1. The summed E-state index contributed by atoms with van der Waals surface area (Å²) in [4.78, 5) is 0. The van der Waals surface area contributed by atoms with Crippen molar-refractivity contribution in [1.82, 2.24) is 5.32 Å². The minimum absolute atomic E-state index is 0.233. The van der Waals surface area contributed by atoms with E-state index in [2.05, 4.69) is 52.4 Å². The van der Waals surface area contributed by atoms with Gasteiger partial charge in [0, 0.05) is 10.0 Å². The van der Waals surface area contributed by atoms with E-state index in [0.717, 1.165) is 6.54 Å². The molecule has 1 fully saturated rings. The molecule has 0 radical (unpaired) electrons. The summed E-state index contributed by atoms with van der Waals surface area (Å²) in [5.74, 6) is 0. The maximum Gasteiger partial charge on any atom is 0.0434 e. The van der Waals surface area contributed by atoms with Crippen LogP contribution in [0, 0.1) is 0 Å². The fraction of sp³-hybridized carbons (Fsp3) is 0.571. The molecular weight excluding hydrogens is 262 g/mol. The topological polar surface area (TPSA) is 12.0 Å². The van der Waals surface area contributed by atoms with Gasteiger partial charge in [0.1, 0.15) is 0 Å². The lowest BCUT2D eigenvalue weighted by Crippen LogP contribution is -2.45. The van der Waals surface area contributed by atoms with Crippen molar-refractivity contribution in [2.24, 2.45) is 0 Å². The predicted octanol–water partition coefficient (Wildman–Crippen LogP) is 4.22. The number of hydrogen-bond acceptors (Lipinski definition) is 1. The highest BCUT2D eigenvalue weighted by molar-refractivity contribution is 9.10. The van der Waals surface area contributed by atoms with Crippen LogP contribution in [0.4, 0.5) is 0 Å². The Hall–Kier alpha value is -0.340. The second kappa shape index (κ2) is 5.33. The quantitative estimate of drug-likeness (QED) is 0.875. The fourth-order valence-corrected chi connectivity index (χ4v) is 3.18. The van der Waals surface area contributed by atoms with E-state index in [1.54, 1.807) is 0 Å². The van der Waals surface area contributed by atoms with Crippen molar-refractivity contribution in [3.05, 3.63) is 34.3 Å². The Balaban J connectivity index is 2.30. The van der Waals surface area contributed by atoms with Crippen molar-refractivity contribution < 1.29 is 0 Å². The van der Waals surface area contributed by atoms with E-state index in [1.165, 1.54) is 42.1 Å². The second-order valence-corrected chi connectivity index (χ2v) is 5.64. The molecule has 1 atom stereocenters. The summed E-state index contributed by atoms with van der Waals surface area (Å²) >= 11 is 3.58. The number of nitrogens with one attached hydrogen (secondary N) is 1. The van der Waals surface area contributed by atoms with E-state index in [4.69, 9.17) is 0 Å². The van der Waals surface area contributed by atoms with E-state index in [9.17, 15) is 0 Å². The van der Waals surface area contributed by atoms with Gasteiger partial charge >= 0.3 is 0 Å². The lowest BCUT2D eigenvalue weighted by atomic mass is 9.79. The molecule has 0 amide bonds. The van der Waals surface area contributed by atoms with Crippen LogP contribution >= 0.6 is 15.9 Å². The Bertz CT molecular complexity index is 337. The minimum atomic E-state index is 0.233. The highest BCUT2D eigenvalue weighted by Gasteiger charge is 2.32. The summed E-state index contributed by atoms with van der Waals surface area (Å²) in [6, 6.07) is 8.78. The van der Waals surface area contributed by atoms with Gasteiger partial charge < -0.3 is 5.32 Å². The zero-order chi connectivity index (χ0) is 11.4. The van der Waals surface area contributed by atoms with E-state index in [0.29, 0.717) is 0 Å². The standard InChI is InChI=1S/C14H20BrN/c1-2-8-14(9-3-4-10-16-14)12-6-5-7-13(15)11-12/h5-7,11,16H,2-4,8-10H2,1H3. The third-order valence-corrected chi connectivity index (χ3v) is 4.04. The Morgan fingerprint density at radius 3 is 2.88 bits per heavy atom. The van der Waals surface area contributed by atoms with Crippen LogP contribution in [0.2, 0.25) is 0 Å². The molecule has 1 aliphatic heterocycles. The van der Waals surface area contributed by atoms with Crippen LogP contribution in [-0.2, 0) is 5.54 Å². The van der Waals surface area contributed by atoms with Crippen LogP contribution < -0.4 is 5.32 Å². The van der Waals surface area contributed by atoms with Gasteiger partial charge in [-0.15, -0.1) is 0 Å². The van der Waals surface area contributed by atoms with Gasteiger partial charge in [0.2, 0.25) is 0 Å². The summed E-state index contributed by atoms with van der Waals surface area (Å²) in [6.45, 7) is 3.43. The van der Waals surface area contributed by atoms with Crippen molar-refractivity contribution in [3.63, 3.8) is 0 Å². The number of benzene rings is 1. The summed E-state index contributed by atoms with van der Waals surface area (Å²) < 4.78 is 1.19. The Kier molecular flexibility index (Phi) is 4.04. The molecule has 1 unspecified atom stereocenters. The van der Waals surface area contributed by atoms with Crippen molar-refractivity contribution in [2.75, 3.05) is 6.54 Å². The summed E-state index contributed by atoms with van der Waals surface area (Å²) in [5.41, 5.74) is 1.68. The summed E-state index contributed by atoms with van der Waals surface area (Å²) in [6.07, 6.45) is 6.42. The Morgan fingerprint density at radius 1 is 1.38 bits per heavy atom. The number of rotatable bonds is 3. The van der Waals surface area contributed by atoms with Gasteiger partial charge in [-0.05, 0) is 43.5 Å². The molecule has 0 bridgehead atoms. The maximum absolute atomic E-state index is 3.76. The molecule has 1 aromatic rings. The van der Waals surface area contributed by atoms with Crippen LogP contribution in [0.1, 0.15) is 44.6 Å². The SMILES string of the molecule is CCCC1(c2cccc(Br)c2)CCCCN1. The zero-order valence-electron chi connectivity index (χ0n) is 9.93. The predicted molar refractivity (Wildman–Crippen MR) is 72.6 cm³/mol. The van der Waals surface area contributed by atoms with Crippen LogP contribution in [0.25, 0.3) is 0 Å². The molecule has 0 spiro atoms. The summed E-state index contributed by atoms with van der Waals surface area (Å²) in [5, 5.41) is 3.76. The van der Waals surface area contributed by atoms with Crippen LogP contribution in [0.3, 0.4) is 0 Å². The molecule has 88 valence electrons. The molecule has 1 aromatic carbocycles. The minimum Gasteiger partial charge on any atom is -0.307 e. The van der Waals surface area contributed by atoms with E-state index < -0.39 is 0 Å². The van der Waals surface area contributed by atoms with E-state index in [-0.39, 0.29) is 5.54 Å². The van der Waals surface area contributed by atoms with Crippen LogP contribution in [0.5, 0.6) is 0 Å². The largest absolute Gasteiger partial charge is 0.307 e. The first kappa shape index (κ1) is 12.1. The van der Waals surface area contributed by atoms with Gasteiger partial charge in [-0.25, -0.2) is 0 Å². The van der Waals surface area contributed by atoms with Crippen molar-refractivity contribution in [1.29, 1.82) is 0 Å². The molecular formula is C14H20BrN. The average Bonchev–Trinajstić information content (AvgIpc) is 2.31. The molecule has 1 heterocycles. The fourth-order valence-electron chi connectivity index (χ4n) is 2.78. The first-order chi connectivity index (χ1) is 7.77. The molecule has 0 saturated carbocycles. The Morgan fingerprint density at radius 2 is 2.25 bits per heavy atom. The van der Waals surface area contributed by atoms with Crippen molar-refractivity contribution >= 4 is 15.9 Å². The maximum atomic E-state index is 3.76. The lowest BCUT2D eigenvalue weighted by Gasteiger charge is -2.39. The van der Waals surface area contributed by atoms with Gasteiger partial charge in [-0.2, -0.15) is 0 Å². The van der Waals surface area contributed by atoms with Crippen molar-refractivity contribution in [3.8, 4) is 0 Å². The highest BCUT2D eigenvalue weighted by Crippen LogP contribution is 2.35. The van der Waals surface area contributed by atoms with Crippen molar-refractivity contribution in [2.45, 2.75) is 44.6 Å². The van der Waals surface area contributed by atoms with Gasteiger partial charge in [-0.1, -0.05) is 47.8 Å². The Labute approximate surface area is 107 Å². The molecule has 16 heavy (non-hydrogen) atoms. The monoisotopic (exact) mass is 281 g/mol. The molecule has 1 saturated heterocycles. The second-order valence-electron chi connectivity index (χ2n) is 4.73. The third-order valence-electron chi connectivity index (χ3n) is 3.55. The molecule has 0 aliphatic carbocycles. The molecule has 2 heteroatoms. The first-order valence-corrected chi connectivity index (χ1v) is 7.07. The number of hydrogen-bond donors (Lipinski definition) is 1. The lowest BCUT2D eigenvalue weighted by molar-refractivity contribution is 0.237. The molecule has 1 N–H and O–H groups in total. The average molecular weight is 282 g/mol.